The first kappa shape index (κ1) is 24.4. The highest BCUT2D eigenvalue weighted by atomic mass is 32.1. The predicted octanol–water partition coefficient (Wildman–Crippen LogP) is 4.08. The number of thiazole rings is 1. The third-order valence-electron chi connectivity index (χ3n) is 6.95. The minimum atomic E-state index is -0.158. The third-order valence-corrected chi connectivity index (χ3v) is 7.88. The Hall–Kier alpha value is -4.68. The molecule has 0 radical (unpaired) electrons. The number of ether oxygens (including phenoxy) is 1. The summed E-state index contributed by atoms with van der Waals surface area (Å²) in [5.74, 6) is 1.13. The maximum Gasteiger partial charge on any atom is 0.223 e. The summed E-state index contributed by atoms with van der Waals surface area (Å²) < 4.78 is 8.36. The summed E-state index contributed by atoms with van der Waals surface area (Å²) in [6.07, 6.45) is 1.47. The molecule has 2 aromatic carbocycles. The summed E-state index contributed by atoms with van der Waals surface area (Å²) in [6, 6.07) is 16.2. The van der Waals surface area contributed by atoms with E-state index >= 15 is 0 Å². The van der Waals surface area contributed by atoms with Gasteiger partial charge in [-0.3, -0.25) is 4.79 Å². The van der Waals surface area contributed by atoms with Crippen molar-refractivity contribution in [2.24, 2.45) is 0 Å². The molecule has 7 rings (SSSR count). The smallest absolute Gasteiger partial charge is 0.223 e. The van der Waals surface area contributed by atoms with Gasteiger partial charge in [0.1, 0.15) is 23.7 Å². The van der Waals surface area contributed by atoms with Crippen LogP contribution in [0.3, 0.4) is 0 Å². The van der Waals surface area contributed by atoms with E-state index in [-0.39, 0.29) is 5.91 Å². The standard InChI is InChI=1S/C28H25N9O2S/c1-16(38)32-28-34-21-7-6-17(12-22(21)40-28)25-24-26(29)30-15-31-27(24)37(35-25)14-18-13-23(36-8-10-39-11-9-36)33-20-5-3-2-4-19(18)20/h2-7,12-13,15H,8-11,14H2,1H3,(H2,29,30,31)(H,32,34,38). The molecule has 0 unspecified atom stereocenters. The number of carbonyl (C=O) groups is 1. The second-order valence-corrected chi connectivity index (χ2v) is 10.6. The van der Waals surface area contributed by atoms with E-state index in [1.165, 1.54) is 24.6 Å². The number of aromatic nitrogens is 6. The molecule has 3 N–H and O–H groups in total. The van der Waals surface area contributed by atoms with Crippen molar-refractivity contribution in [3.05, 3.63) is 60.4 Å². The first-order valence-corrected chi connectivity index (χ1v) is 13.7. The maximum absolute atomic E-state index is 11.5. The van der Waals surface area contributed by atoms with Crippen LogP contribution in [0.2, 0.25) is 0 Å². The summed E-state index contributed by atoms with van der Waals surface area (Å²) in [5, 5.41) is 10.1. The second-order valence-electron chi connectivity index (χ2n) is 9.60. The Morgan fingerprint density at radius 3 is 2.77 bits per heavy atom. The molecular formula is C28H25N9O2S. The molecule has 0 bridgehead atoms. The molecular weight excluding hydrogens is 526 g/mol. The van der Waals surface area contributed by atoms with E-state index in [2.05, 4.69) is 37.3 Å². The first-order valence-electron chi connectivity index (χ1n) is 12.9. The number of carbonyl (C=O) groups excluding carboxylic acids is 1. The lowest BCUT2D eigenvalue weighted by Crippen LogP contribution is -2.36. The van der Waals surface area contributed by atoms with Crippen LogP contribution in [0.25, 0.3) is 43.4 Å². The van der Waals surface area contributed by atoms with Gasteiger partial charge in [0, 0.05) is 31.0 Å². The van der Waals surface area contributed by atoms with Crippen molar-refractivity contribution in [2.75, 3.05) is 42.3 Å². The van der Waals surface area contributed by atoms with Gasteiger partial charge < -0.3 is 20.7 Å². The van der Waals surface area contributed by atoms with Crippen LogP contribution in [0.5, 0.6) is 0 Å². The van der Waals surface area contributed by atoms with Crippen molar-refractivity contribution in [2.45, 2.75) is 13.5 Å². The zero-order chi connectivity index (χ0) is 27.2. The van der Waals surface area contributed by atoms with Crippen molar-refractivity contribution in [3.63, 3.8) is 0 Å². The molecule has 0 saturated carbocycles. The van der Waals surface area contributed by atoms with E-state index in [4.69, 9.17) is 20.6 Å². The molecule has 4 aromatic heterocycles. The summed E-state index contributed by atoms with van der Waals surface area (Å²) in [5.41, 5.74) is 11.4. The molecule has 40 heavy (non-hydrogen) atoms. The minimum absolute atomic E-state index is 0.158. The molecule has 1 fully saturated rings. The number of nitrogens with zero attached hydrogens (tertiary/aromatic N) is 7. The van der Waals surface area contributed by atoms with Gasteiger partial charge >= 0.3 is 0 Å². The third kappa shape index (κ3) is 4.36. The zero-order valence-electron chi connectivity index (χ0n) is 21.7. The van der Waals surface area contributed by atoms with Gasteiger partial charge in [0.05, 0.1) is 40.9 Å². The summed E-state index contributed by atoms with van der Waals surface area (Å²) >= 11 is 1.41. The predicted molar refractivity (Wildman–Crippen MR) is 157 cm³/mol. The summed E-state index contributed by atoms with van der Waals surface area (Å²) in [7, 11) is 0. The highest BCUT2D eigenvalue weighted by Crippen LogP contribution is 2.35. The number of pyridine rings is 1. The van der Waals surface area contributed by atoms with Gasteiger partial charge in [0.2, 0.25) is 5.91 Å². The number of amides is 1. The van der Waals surface area contributed by atoms with Gasteiger partial charge in [0.15, 0.2) is 10.8 Å². The van der Waals surface area contributed by atoms with Gasteiger partial charge in [-0.25, -0.2) is 24.6 Å². The molecule has 12 heteroatoms. The Labute approximate surface area is 232 Å². The number of hydrogen-bond donors (Lipinski definition) is 2. The quantitative estimate of drug-likeness (QED) is 0.325. The van der Waals surface area contributed by atoms with Crippen LogP contribution in [0, 0.1) is 0 Å². The average Bonchev–Trinajstić information content (AvgIpc) is 3.54. The number of hydrogen-bond acceptors (Lipinski definition) is 10. The number of fused-ring (bicyclic) bond motifs is 3. The lowest BCUT2D eigenvalue weighted by atomic mass is 10.1. The lowest BCUT2D eigenvalue weighted by Gasteiger charge is -2.28. The van der Waals surface area contributed by atoms with Crippen molar-refractivity contribution in [1.82, 2.24) is 29.7 Å². The number of nitrogen functional groups attached to an aromatic ring is 1. The molecule has 0 atom stereocenters. The van der Waals surface area contributed by atoms with Gasteiger partial charge in [-0.05, 0) is 29.8 Å². The van der Waals surface area contributed by atoms with E-state index in [0.29, 0.717) is 47.4 Å². The van der Waals surface area contributed by atoms with Crippen LogP contribution >= 0.6 is 11.3 Å². The molecule has 1 amide bonds. The van der Waals surface area contributed by atoms with Crippen LogP contribution in [-0.2, 0) is 16.1 Å². The number of rotatable bonds is 5. The van der Waals surface area contributed by atoms with E-state index in [1.54, 1.807) is 0 Å². The van der Waals surface area contributed by atoms with Gasteiger partial charge in [-0.15, -0.1) is 0 Å². The van der Waals surface area contributed by atoms with Crippen LogP contribution in [0.4, 0.5) is 16.8 Å². The number of nitrogens with one attached hydrogen (secondary N) is 1. The first-order chi connectivity index (χ1) is 19.5. The Morgan fingerprint density at radius 2 is 1.93 bits per heavy atom. The largest absolute Gasteiger partial charge is 0.383 e. The SMILES string of the molecule is CC(=O)Nc1nc2ccc(-c3nn(Cc4cc(N5CCOCC5)nc5ccccc45)c4ncnc(N)c34)cc2s1. The Kier molecular flexibility index (Phi) is 5.98. The monoisotopic (exact) mass is 551 g/mol. The lowest BCUT2D eigenvalue weighted by molar-refractivity contribution is -0.114. The molecule has 11 nitrogen and oxygen atoms in total. The molecule has 0 aliphatic carbocycles. The number of benzene rings is 2. The van der Waals surface area contributed by atoms with Crippen LogP contribution in [-0.4, -0.2) is 61.9 Å². The zero-order valence-corrected chi connectivity index (χ0v) is 22.5. The average molecular weight is 552 g/mol. The molecule has 1 saturated heterocycles. The van der Waals surface area contributed by atoms with Gasteiger partial charge in [-0.1, -0.05) is 35.6 Å². The summed E-state index contributed by atoms with van der Waals surface area (Å²) in [4.78, 5) is 32.1. The van der Waals surface area contributed by atoms with Crippen molar-refractivity contribution in [3.8, 4) is 11.3 Å². The highest BCUT2D eigenvalue weighted by Gasteiger charge is 2.20. The van der Waals surface area contributed by atoms with Crippen LogP contribution < -0.4 is 16.0 Å². The summed E-state index contributed by atoms with van der Waals surface area (Å²) in [6.45, 7) is 4.91. The number of anilines is 3. The Morgan fingerprint density at radius 1 is 1.07 bits per heavy atom. The van der Waals surface area contributed by atoms with E-state index in [0.717, 1.165) is 51.2 Å². The topological polar surface area (TPSA) is 137 Å². The molecule has 1 aliphatic rings. The molecule has 5 heterocycles. The number of nitrogens with two attached hydrogens (primary N) is 1. The van der Waals surface area contributed by atoms with Crippen molar-refractivity contribution < 1.29 is 9.53 Å². The van der Waals surface area contributed by atoms with Crippen LogP contribution in [0.15, 0.2) is 54.9 Å². The highest BCUT2D eigenvalue weighted by molar-refractivity contribution is 7.22. The number of para-hydroxylation sites is 1. The molecule has 6 aromatic rings. The number of morpholine rings is 1. The van der Waals surface area contributed by atoms with Crippen LogP contribution in [0.1, 0.15) is 12.5 Å². The van der Waals surface area contributed by atoms with Crippen molar-refractivity contribution in [1.29, 1.82) is 0 Å². The minimum Gasteiger partial charge on any atom is -0.383 e. The fourth-order valence-corrected chi connectivity index (χ4v) is 6.05. The van der Waals surface area contributed by atoms with Crippen molar-refractivity contribution >= 4 is 66.2 Å². The van der Waals surface area contributed by atoms with E-state index in [1.807, 2.05) is 41.1 Å². The normalized spacial score (nSPS) is 13.9. The van der Waals surface area contributed by atoms with Gasteiger partial charge in [0.25, 0.3) is 0 Å². The fourth-order valence-electron chi connectivity index (χ4n) is 5.10. The second kappa shape index (κ2) is 9.81. The van der Waals surface area contributed by atoms with E-state index in [9.17, 15) is 4.79 Å². The maximum atomic E-state index is 11.5. The Bertz CT molecular complexity index is 1910. The van der Waals surface area contributed by atoms with Gasteiger partial charge in [-0.2, -0.15) is 5.10 Å². The Balaban J connectivity index is 1.34. The molecule has 200 valence electrons. The molecule has 0 spiro atoms. The molecule has 1 aliphatic heterocycles. The fraction of sp³-hybridized carbons (Fsp3) is 0.214. The van der Waals surface area contributed by atoms with E-state index < -0.39 is 0 Å².